The number of hydrogen-bond acceptors (Lipinski definition) is 4. The number of anilines is 1. The molecule has 0 saturated heterocycles. The van der Waals surface area contributed by atoms with Crippen LogP contribution in [-0.2, 0) is 0 Å². The van der Waals surface area contributed by atoms with E-state index in [4.69, 9.17) is 15.2 Å². The van der Waals surface area contributed by atoms with Crippen LogP contribution in [0, 0.1) is 0 Å². The highest BCUT2D eigenvalue weighted by Crippen LogP contribution is 2.44. The molecular weight excluding hydrogens is 228 g/mol. The molecule has 2 N–H and O–H groups in total. The average Bonchev–Trinajstić information content (AvgIpc) is 2.40. The molecule has 2 rings (SSSR count). The van der Waals surface area contributed by atoms with Crippen LogP contribution in [0.2, 0.25) is 0 Å². The minimum absolute atomic E-state index is 0.505. The number of rotatable bonds is 4. The van der Waals surface area contributed by atoms with Crippen molar-refractivity contribution in [2.45, 2.75) is 18.8 Å². The minimum Gasteiger partial charge on any atom is -0.497 e. The van der Waals surface area contributed by atoms with Crippen molar-refractivity contribution in [2.24, 2.45) is 5.73 Å². The predicted octanol–water partition coefficient (Wildman–Crippen LogP) is 1.98. The summed E-state index contributed by atoms with van der Waals surface area (Å²) in [6.45, 7) is 1.76. The maximum absolute atomic E-state index is 5.72. The van der Waals surface area contributed by atoms with Gasteiger partial charge in [0.1, 0.15) is 11.5 Å². The maximum atomic E-state index is 5.72. The molecule has 1 aromatic carbocycles. The molecule has 4 nitrogen and oxygen atoms in total. The van der Waals surface area contributed by atoms with Crippen molar-refractivity contribution in [2.75, 3.05) is 39.3 Å². The summed E-state index contributed by atoms with van der Waals surface area (Å²) in [5, 5.41) is 0. The van der Waals surface area contributed by atoms with E-state index in [1.54, 1.807) is 14.2 Å². The Morgan fingerprint density at radius 2 is 2.11 bits per heavy atom. The Morgan fingerprint density at radius 1 is 1.33 bits per heavy atom. The van der Waals surface area contributed by atoms with E-state index in [0.717, 1.165) is 30.9 Å². The van der Waals surface area contributed by atoms with E-state index in [1.165, 1.54) is 11.3 Å². The summed E-state index contributed by atoms with van der Waals surface area (Å²) in [7, 11) is 5.49. The third-order valence-electron chi connectivity index (χ3n) is 3.68. The summed E-state index contributed by atoms with van der Waals surface area (Å²) in [6, 6.07) is 4.06. The van der Waals surface area contributed by atoms with Crippen molar-refractivity contribution in [1.82, 2.24) is 0 Å². The first-order valence-corrected chi connectivity index (χ1v) is 6.38. The molecule has 18 heavy (non-hydrogen) atoms. The molecule has 1 atom stereocenters. The van der Waals surface area contributed by atoms with Crippen molar-refractivity contribution >= 4 is 5.69 Å². The van der Waals surface area contributed by atoms with Gasteiger partial charge in [0, 0.05) is 19.7 Å². The van der Waals surface area contributed by atoms with Gasteiger partial charge in [-0.3, -0.25) is 0 Å². The van der Waals surface area contributed by atoms with Crippen LogP contribution in [0.3, 0.4) is 0 Å². The fourth-order valence-corrected chi connectivity index (χ4v) is 2.71. The summed E-state index contributed by atoms with van der Waals surface area (Å²) in [5.74, 6) is 2.24. The maximum Gasteiger partial charge on any atom is 0.146 e. The molecule has 4 heteroatoms. The second-order valence-electron chi connectivity index (χ2n) is 4.75. The van der Waals surface area contributed by atoms with E-state index in [-0.39, 0.29) is 0 Å². The van der Waals surface area contributed by atoms with Gasteiger partial charge >= 0.3 is 0 Å². The fraction of sp³-hybridized carbons (Fsp3) is 0.571. The van der Waals surface area contributed by atoms with E-state index in [0.29, 0.717) is 12.5 Å². The molecule has 0 aromatic heterocycles. The van der Waals surface area contributed by atoms with Crippen LogP contribution in [0.4, 0.5) is 5.69 Å². The zero-order chi connectivity index (χ0) is 13.1. The highest BCUT2D eigenvalue weighted by molar-refractivity contribution is 5.68. The van der Waals surface area contributed by atoms with Crippen LogP contribution in [0.15, 0.2) is 12.1 Å². The molecule has 0 amide bonds. The van der Waals surface area contributed by atoms with E-state index >= 15 is 0 Å². The van der Waals surface area contributed by atoms with Gasteiger partial charge in [0.2, 0.25) is 0 Å². The molecule has 0 radical (unpaired) electrons. The normalized spacial score (nSPS) is 18.4. The molecule has 1 unspecified atom stereocenters. The zero-order valence-corrected chi connectivity index (χ0v) is 11.4. The number of benzene rings is 1. The standard InChI is InChI=1S/C14H22N2O2/c1-16-7-5-10(4-6-15)12-8-11(17-2)9-13(18-3)14(12)16/h8-10H,4-7,15H2,1-3H3. The molecule has 0 saturated carbocycles. The summed E-state index contributed by atoms with van der Waals surface area (Å²) in [6.07, 6.45) is 2.15. The topological polar surface area (TPSA) is 47.7 Å². The second-order valence-corrected chi connectivity index (χ2v) is 4.75. The number of nitrogens with two attached hydrogens (primary N) is 1. The highest BCUT2D eigenvalue weighted by Gasteiger charge is 2.26. The van der Waals surface area contributed by atoms with Crippen LogP contribution < -0.4 is 20.1 Å². The molecule has 0 bridgehead atoms. The van der Waals surface area contributed by atoms with Crippen molar-refractivity contribution in [3.8, 4) is 11.5 Å². The molecule has 0 spiro atoms. The molecule has 1 aromatic rings. The minimum atomic E-state index is 0.505. The Bertz CT molecular complexity index is 421. The fourth-order valence-electron chi connectivity index (χ4n) is 2.71. The lowest BCUT2D eigenvalue weighted by molar-refractivity contribution is 0.390. The summed E-state index contributed by atoms with van der Waals surface area (Å²) >= 11 is 0. The quantitative estimate of drug-likeness (QED) is 0.887. The van der Waals surface area contributed by atoms with Crippen molar-refractivity contribution in [3.63, 3.8) is 0 Å². The number of methoxy groups -OCH3 is 2. The van der Waals surface area contributed by atoms with Crippen molar-refractivity contribution in [1.29, 1.82) is 0 Å². The lowest BCUT2D eigenvalue weighted by Crippen LogP contribution is -2.28. The Hall–Kier alpha value is -1.42. The van der Waals surface area contributed by atoms with Gasteiger partial charge in [-0.2, -0.15) is 0 Å². The van der Waals surface area contributed by atoms with Crippen LogP contribution in [-0.4, -0.2) is 34.4 Å². The molecule has 1 heterocycles. The first-order valence-electron chi connectivity index (χ1n) is 6.38. The van der Waals surface area contributed by atoms with Gasteiger partial charge in [-0.15, -0.1) is 0 Å². The Labute approximate surface area is 109 Å². The van der Waals surface area contributed by atoms with Gasteiger partial charge < -0.3 is 20.1 Å². The zero-order valence-electron chi connectivity index (χ0n) is 11.4. The molecular formula is C14H22N2O2. The smallest absolute Gasteiger partial charge is 0.146 e. The molecule has 100 valence electrons. The first kappa shape index (κ1) is 13.0. The number of fused-ring (bicyclic) bond motifs is 1. The van der Waals surface area contributed by atoms with Crippen LogP contribution in [0.1, 0.15) is 24.3 Å². The third kappa shape index (κ3) is 2.25. The van der Waals surface area contributed by atoms with E-state index in [1.807, 2.05) is 6.07 Å². The summed E-state index contributed by atoms with van der Waals surface area (Å²) in [4.78, 5) is 2.25. The number of nitrogens with zero attached hydrogens (tertiary/aromatic N) is 1. The number of ether oxygens (including phenoxy) is 2. The second kappa shape index (κ2) is 5.48. The summed E-state index contributed by atoms with van der Waals surface area (Å²) in [5.41, 5.74) is 8.20. The predicted molar refractivity (Wildman–Crippen MR) is 73.8 cm³/mol. The van der Waals surface area contributed by atoms with E-state index < -0.39 is 0 Å². The lowest BCUT2D eigenvalue weighted by Gasteiger charge is -2.34. The largest absolute Gasteiger partial charge is 0.497 e. The van der Waals surface area contributed by atoms with Gasteiger partial charge in [0.25, 0.3) is 0 Å². The van der Waals surface area contributed by atoms with Gasteiger partial charge in [-0.25, -0.2) is 0 Å². The lowest BCUT2D eigenvalue weighted by atomic mass is 9.87. The monoisotopic (exact) mass is 250 g/mol. The molecule has 1 aliphatic heterocycles. The van der Waals surface area contributed by atoms with E-state index in [2.05, 4.69) is 18.0 Å². The van der Waals surface area contributed by atoms with E-state index in [9.17, 15) is 0 Å². The van der Waals surface area contributed by atoms with Crippen LogP contribution >= 0.6 is 0 Å². The third-order valence-corrected chi connectivity index (χ3v) is 3.68. The summed E-state index contributed by atoms with van der Waals surface area (Å²) < 4.78 is 10.9. The Morgan fingerprint density at radius 3 is 2.72 bits per heavy atom. The Kier molecular flexibility index (Phi) is 3.97. The molecule has 1 aliphatic rings. The van der Waals surface area contributed by atoms with Crippen LogP contribution in [0.5, 0.6) is 11.5 Å². The molecule has 0 aliphatic carbocycles. The van der Waals surface area contributed by atoms with Gasteiger partial charge in [-0.1, -0.05) is 0 Å². The van der Waals surface area contributed by atoms with Gasteiger partial charge in [0.05, 0.1) is 19.9 Å². The highest BCUT2D eigenvalue weighted by atomic mass is 16.5. The Balaban J connectivity index is 2.50. The van der Waals surface area contributed by atoms with Crippen LogP contribution in [0.25, 0.3) is 0 Å². The van der Waals surface area contributed by atoms with Gasteiger partial charge in [-0.05, 0) is 36.9 Å². The number of hydrogen-bond donors (Lipinski definition) is 1. The first-order chi connectivity index (χ1) is 8.71. The van der Waals surface area contributed by atoms with Crippen molar-refractivity contribution in [3.05, 3.63) is 17.7 Å². The molecule has 0 fully saturated rings. The SMILES string of the molecule is COc1cc(OC)c2c(c1)C(CCN)CCN2C. The van der Waals surface area contributed by atoms with Crippen molar-refractivity contribution < 1.29 is 9.47 Å². The van der Waals surface area contributed by atoms with Gasteiger partial charge in [0.15, 0.2) is 0 Å². The average molecular weight is 250 g/mol.